The molecule has 2 saturated heterocycles. The van der Waals surface area contributed by atoms with E-state index in [1.807, 2.05) is 93.4 Å². The van der Waals surface area contributed by atoms with E-state index in [2.05, 4.69) is 15.3 Å². The van der Waals surface area contributed by atoms with Gasteiger partial charge < -0.3 is 29.2 Å². The number of benzene rings is 2. The summed E-state index contributed by atoms with van der Waals surface area (Å²) in [6.45, 7) is 8.81. The molecule has 2 amide bonds. The van der Waals surface area contributed by atoms with E-state index in [-0.39, 0.29) is 23.2 Å². The Morgan fingerprint density at radius 2 is 1.77 bits per heavy atom. The Kier molecular flexibility index (Phi) is 7.75. The number of rotatable bonds is 7. The molecule has 10 heteroatoms. The number of alkyl carbamates (subject to hydrolysis) is 1. The van der Waals surface area contributed by atoms with Crippen molar-refractivity contribution < 1.29 is 23.6 Å². The minimum atomic E-state index is -0.816. The van der Waals surface area contributed by atoms with Crippen LogP contribution in [0.15, 0.2) is 60.8 Å². The number of hydrogen-bond donors (Lipinski definition) is 2. The Morgan fingerprint density at radius 1 is 1.10 bits per heavy atom. The van der Waals surface area contributed by atoms with Gasteiger partial charge in [0.15, 0.2) is 0 Å². The summed E-state index contributed by atoms with van der Waals surface area (Å²) in [5.74, 6) is 0.663. The van der Waals surface area contributed by atoms with Crippen LogP contribution in [0.25, 0.3) is 11.3 Å². The SMILES string of the molecule is COC(=O)NC(C(=O)N1CCCC1Cc1ncc(-c2ccc(B3OC(C)(C)C(C)(C)O3)cc2)[nH]1)c1ccccc1. The van der Waals surface area contributed by atoms with Crippen LogP contribution in [0.5, 0.6) is 0 Å². The molecule has 3 heterocycles. The van der Waals surface area contributed by atoms with Crippen LogP contribution < -0.4 is 10.8 Å². The number of nitrogens with zero attached hydrogens (tertiary/aromatic N) is 2. The van der Waals surface area contributed by atoms with Crippen LogP contribution in [0.1, 0.15) is 58.0 Å². The Balaban J connectivity index is 1.27. The summed E-state index contributed by atoms with van der Waals surface area (Å²) in [6, 6.07) is 16.5. The zero-order valence-electron chi connectivity index (χ0n) is 23.8. The van der Waals surface area contributed by atoms with Gasteiger partial charge in [-0.2, -0.15) is 0 Å². The minimum Gasteiger partial charge on any atom is -0.453 e. The van der Waals surface area contributed by atoms with Crippen molar-refractivity contribution in [1.29, 1.82) is 0 Å². The fourth-order valence-electron chi connectivity index (χ4n) is 5.25. The highest BCUT2D eigenvalue weighted by atomic mass is 16.7. The van der Waals surface area contributed by atoms with E-state index in [4.69, 9.17) is 14.0 Å². The van der Waals surface area contributed by atoms with E-state index >= 15 is 0 Å². The first-order valence-corrected chi connectivity index (χ1v) is 13.8. The lowest BCUT2D eigenvalue weighted by Crippen LogP contribution is -2.45. The average Bonchev–Trinajstić information content (AvgIpc) is 3.65. The molecule has 40 heavy (non-hydrogen) atoms. The van der Waals surface area contributed by atoms with Gasteiger partial charge in [0.05, 0.1) is 30.2 Å². The molecule has 2 fully saturated rings. The van der Waals surface area contributed by atoms with Gasteiger partial charge in [-0.1, -0.05) is 54.6 Å². The van der Waals surface area contributed by atoms with Crippen molar-refractivity contribution in [3.63, 3.8) is 0 Å². The summed E-state index contributed by atoms with van der Waals surface area (Å²) in [7, 11) is 0.885. The van der Waals surface area contributed by atoms with Gasteiger partial charge in [0.25, 0.3) is 0 Å². The van der Waals surface area contributed by atoms with Crippen LogP contribution in [0.3, 0.4) is 0 Å². The predicted octanol–water partition coefficient (Wildman–Crippen LogP) is 4.01. The van der Waals surface area contributed by atoms with Crippen molar-refractivity contribution in [1.82, 2.24) is 20.2 Å². The summed E-state index contributed by atoms with van der Waals surface area (Å²) in [4.78, 5) is 35.6. The number of aromatic amines is 1. The predicted molar refractivity (Wildman–Crippen MR) is 153 cm³/mol. The first-order chi connectivity index (χ1) is 19.1. The molecule has 2 N–H and O–H groups in total. The first kappa shape index (κ1) is 27.9. The Hall–Kier alpha value is -3.63. The number of hydrogen-bond acceptors (Lipinski definition) is 6. The number of carbonyl (C=O) groups excluding carboxylic acids is 2. The monoisotopic (exact) mass is 544 g/mol. The van der Waals surface area contributed by atoms with E-state index in [0.29, 0.717) is 18.5 Å². The van der Waals surface area contributed by atoms with Gasteiger partial charge in [-0.05, 0) is 57.1 Å². The van der Waals surface area contributed by atoms with Crippen molar-refractivity contribution in [3.8, 4) is 11.3 Å². The van der Waals surface area contributed by atoms with Gasteiger partial charge >= 0.3 is 13.2 Å². The van der Waals surface area contributed by atoms with E-state index < -0.39 is 19.3 Å². The Morgan fingerprint density at radius 3 is 2.42 bits per heavy atom. The van der Waals surface area contributed by atoms with E-state index in [1.165, 1.54) is 7.11 Å². The van der Waals surface area contributed by atoms with E-state index in [0.717, 1.165) is 35.4 Å². The molecule has 3 aromatic rings. The number of ether oxygens (including phenoxy) is 1. The highest BCUT2D eigenvalue weighted by Gasteiger charge is 2.51. The molecule has 2 aromatic carbocycles. The second kappa shape index (κ2) is 11.1. The second-order valence-electron chi connectivity index (χ2n) is 11.5. The van der Waals surface area contributed by atoms with Gasteiger partial charge in [-0.25, -0.2) is 9.78 Å². The van der Waals surface area contributed by atoms with Gasteiger partial charge in [0.1, 0.15) is 11.9 Å². The van der Waals surface area contributed by atoms with Gasteiger partial charge in [-0.3, -0.25) is 4.79 Å². The molecule has 2 atom stereocenters. The van der Waals surface area contributed by atoms with Gasteiger partial charge in [-0.15, -0.1) is 0 Å². The van der Waals surface area contributed by atoms with Crippen molar-refractivity contribution in [2.75, 3.05) is 13.7 Å². The molecule has 0 radical (unpaired) electrons. The quantitative estimate of drug-likeness (QED) is 0.436. The fraction of sp³-hybridized carbons (Fsp3) is 0.433. The van der Waals surface area contributed by atoms with E-state index in [1.54, 1.807) is 0 Å². The van der Waals surface area contributed by atoms with Crippen molar-refractivity contribution in [2.45, 2.75) is 70.2 Å². The number of likely N-dealkylation sites (tertiary alicyclic amines) is 1. The maximum absolute atomic E-state index is 13.7. The number of aromatic nitrogens is 2. The molecular formula is C30H37BN4O5. The topological polar surface area (TPSA) is 106 Å². The van der Waals surface area contributed by atoms with Crippen molar-refractivity contribution >= 4 is 24.6 Å². The highest BCUT2D eigenvalue weighted by molar-refractivity contribution is 6.62. The third-order valence-corrected chi connectivity index (χ3v) is 8.29. The lowest BCUT2D eigenvalue weighted by atomic mass is 9.79. The molecule has 1 aromatic heterocycles. The maximum Gasteiger partial charge on any atom is 0.494 e. The molecule has 0 saturated carbocycles. The zero-order valence-corrected chi connectivity index (χ0v) is 23.8. The largest absolute Gasteiger partial charge is 0.494 e. The molecular weight excluding hydrogens is 507 g/mol. The maximum atomic E-state index is 13.7. The molecule has 2 aliphatic rings. The molecule has 9 nitrogen and oxygen atoms in total. The normalized spacial score (nSPS) is 20.4. The number of imidazole rings is 1. The molecule has 0 bridgehead atoms. The summed E-state index contributed by atoms with van der Waals surface area (Å²) < 4.78 is 17.1. The van der Waals surface area contributed by atoms with E-state index in [9.17, 15) is 9.59 Å². The van der Waals surface area contributed by atoms with Gasteiger partial charge in [0, 0.05) is 19.0 Å². The minimum absolute atomic E-state index is 0.0251. The number of methoxy groups -OCH3 is 1. The number of amides is 2. The molecule has 5 rings (SSSR count). The molecule has 0 spiro atoms. The number of nitrogens with one attached hydrogen (secondary N) is 2. The molecule has 0 aliphatic carbocycles. The number of carbonyl (C=O) groups is 2. The zero-order chi connectivity index (χ0) is 28.5. The third-order valence-electron chi connectivity index (χ3n) is 8.29. The molecule has 210 valence electrons. The molecule has 2 unspecified atom stereocenters. The lowest BCUT2D eigenvalue weighted by molar-refractivity contribution is -0.134. The highest BCUT2D eigenvalue weighted by Crippen LogP contribution is 2.36. The summed E-state index contributed by atoms with van der Waals surface area (Å²) >= 11 is 0. The van der Waals surface area contributed by atoms with Crippen LogP contribution in [0.2, 0.25) is 0 Å². The Bertz CT molecular complexity index is 1330. The second-order valence-corrected chi connectivity index (χ2v) is 11.5. The van der Waals surface area contributed by atoms with Crippen LogP contribution in [0.4, 0.5) is 4.79 Å². The van der Waals surface area contributed by atoms with Crippen LogP contribution in [-0.2, 0) is 25.3 Å². The molecule has 2 aliphatic heterocycles. The lowest BCUT2D eigenvalue weighted by Gasteiger charge is -2.32. The summed E-state index contributed by atoms with van der Waals surface area (Å²) in [5, 5.41) is 2.71. The van der Waals surface area contributed by atoms with Crippen LogP contribution in [-0.4, -0.2) is 64.9 Å². The summed E-state index contributed by atoms with van der Waals surface area (Å²) in [5.41, 5.74) is 2.82. The Labute approximate surface area is 235 Å². The van der Waals surface area contributed by atoms with Gasteiger partial charge in [0.2, 0.25) is 5.91 Å². The average molecular weight is 544 g/mol. The summed E-state index contributed by atoms with van der Waals surface area (Å²) in [6.07, 6.45) is 3.54. The number of H-pyrrole nitrogens is 1. The van der Waals surface area contributed by atoms with Crippen molar-refractivity contribution in [3.05, 3.63) is 72.2 Å². The third kappa shape index (κ3) is 5.64. The first-order valence-electron chi connectivity index (χ1n) is 13.8. The standard InChI is InChI=1S/C30H37BN4O5/c1-29(2)30(3,4)40-31(39-29)22-15-13-20(14-16-22)24-19-32-25(33-24)18-23-12-9-17-35(23)27(36)26(34-28(37)38-5)21-10-7-6-8-11-21/h6-8,10-11,13-16,19,23,26H,9,12,17-18H2,1-5H3,(H,32,33)(H,34,37). The fourth-order valence-corrected chi connectivity index (χ4v) is 5.25. The van der Waals surface area contributed by atoms with Crippen molar-refractivity contribution in [2.24, 2.45) is 0 Å². The smallest absolute Gasteiger partial charge is 0.453 e. The van der Waals surface area contributed by atoms with Crippen LogP contribution >= 0.6 is 0 Å². The van der Waals surface area contributed by atoms with Crippen LogP contribution in [0, 0.1) is 0 Å².